The molecule has 1 heterocycles. The van der Waals surface area contributed by atoms with Crippen LogP contribution < -0.4 is 14.8 Å². The number of benzene rings is 1. The van der Waals surface area contributed by atoms with Crippen LogP contribution in [0.4, 0.5) is 0 Å². The third-order valence-electron chi connectivity index (χ3n) is 4.29. The Morgan fingerprint density at radius 1 is 1.29 bits per heavy atom. The lowest BCUT2D eigenvalue weighted by Crippen LogP contribution is -2.40. The van der Waals surface area contributed by atoms with Crippen LogP contribution in [-0.4, -0.2) is 49.7 Å². The van der Waals surface area contributed by atoms with E-state index in [4.69, 9.17) is 9.47 Å². The van der Waals surface area contributed by atoms with Crippen LogP contribution in [0.1, 0.15) is 44.0 Å². The van der Waals surface area contributed by atoms with Crippen molar-refractivity contribution in [1.29, 1.82) is 0 Å². The zero-order valence-electron chi connectivity index (χ0n) is 14.7. The van der Waals surface area contributed by atoms with Gasteiger partial charge in [0.25, 0.3) is 5.91 Å². The van der Waals surface area contributed by atoms with Gasteiger partial charge < -0.3 is 14.8 Å². The van der Waals surface area contributed by atoms with Gasteiger partial charge in [-0.3, -0.25) is 9.69 Å². The molecule has 1 aliphatic rings. The van der Waals surface area contributed by atoms with Crippen molar-refractivity contribution < 1.29 is 14.3 Å². The smallest absolute Gasteiger partial charge is 0.258 e. The Kier molecular flexibility index (Phi) is 7.37. The normalized spacial score (nSPS) is 17.8. The molecule has 1 saturated heterocycles. The fraction of sp³-hybridized carbons (Fsp3) is 0.611. The van der Waals surface area contributed by atoms with Gasteiger partial charge in [0.15, 0.2) is 0 Å². The van der Waals surface area contributed by atoms with E-state index < -0.39 is 0 Å². The second kappa shape index (κ2) is 9.28. The van der Waals surface area contributed by atoms with Crippen LogP contribution in [0.3, 0.4) is 0 Å². The number of halogens is 1. The molecule has 1 aromatic carbocycles. The highest BCUT2D eigenvalue weighted by Gasteiger charge is 2.26. The Hall–Kier alpha value is -1.27. The molecule has 1 N–H and O–H groups in total. The number of nitrogens with zero attached hydrogens (tertiary/aromatic N) is 1. The van der Waals surface area contributed by atoms with Crippen molar-refractivity contribution in [2.24, 2.45) is 0 Å². The maximum atomic E-state index is 12.8. The van der Waals surface area contributed by atoms with Gasteiger partial charge in [-0.1, -0.05) is 6.92 Å². The lowest BCUT2D eigenvalue weighted by molar-refractivity contribution is 0.0933. The Balaban J connectivity index is 2.18. The summed E-state index contributed by atoms with van der Waals surface area (Å²) in [5.41, 5.74) is 0.467. The molecule has 0 radical (unpaired) electrons. The van der Waals surface area contributed by atoms with Gasteiger partial charge in [0.05, 0.1) is 17.7 Å². The summed E-state index contributed by atoms with van der Waals surface area (Å²) >= 11 is 3.47. The van der Waals surface area contributed by atoms with Gasteiger partial charge in [0.2, 0.25) is 0 Å². The largest absolute Gasteiger partial charge is 0.493 e. The topological polar surface area (TPSA) is 50.8 Å². The first-order valence-electron chi connectivity index (χ1n) is 8.72. The number of nitrogens with one attached hydrogen (secondary N) is 1. The first-order valence-corrected chi connectivity index (χ1v) is 9.51. The summed E-state index contributed by atoms with van der Waals surface area (Å²) in [6.07, 6.45) is 2.32. The van der Waals surface area contributed by atoms with Crippen molar-refractivity contribution in [3.8, 4) is 11.5 Å². The third kappa shape index (κ3) is 4.42. The van der Waals surface area contributed by atoms with Crippen molar-refractivity contribution in [2.45, 2.75) is 39.7 Å². The molecule has 0 aliphatic carbocycles. The number of ether oxygens (including phenoxy) is 2. The first kappa shape index (κ1) is 19.1. The number of amides is 1. The monoisotopic (exact) mass is 398 g/mol. The second-order valence-electron chi connectivity index (χ2n) is 5.75. The van der Waals surface area contributed by atoms with Gasteiger partial charge in [-0.05, 0) is 67.8 Å². The van der Waals surface area contributed by atoms with Crippen molar-refractivity contribution in [1.82, 2.24) is 10.2 Å². The predicted molar refractivity (Wildman–Crippen MR) is 99.1 cm³/mol. The van der Waals surface area contributed by atoms with Crippen LogP contribution in [0.2, 0.25) is 0 Å². The summed E-state index contributed by atoms with van der Waals surface area (Å²) in [6, 6.07) is 4.07. The molecule has 1 unspecified atom stereocenters. The molecule has 134 valence electrons. The molecule has 1 aliphatic heterocycles. The molecule has 5 nitrogen and oxygen atoms in total. The number of hydrogen-bond donors (Lipinski definition) is 1. The average Bonchev–Trinajstić information content (AvgIpc) is 3.03. The van der Waals surface area contributed by atoms with Crippen molar-refractivity contribution in [2.75, 3.05) is 32.8 Å². The van der Waals surface area contributed by atoms with E-state index >= 15 is 0 Å². The fourth-order valence-electron chi connectivity index (χ4n) is 3.16. The van der Waals surface area contributed by atoms with Crippen LogP contribution >= 0.6 is 15.9 Å². The summed E-state index contributed by atoms with van der Waals surface area (Å²) < 4.78 is 12.1. The number of rotatable bonds is 8. The molecule has 1 atom stereocenters. The van der Waals surface area contributed by atoms with Crippen LogP contribution in [0.25, 0.3) is 0 Å². The van der Waals surface area contributed by atoms with Gasteiger partial charge in [0, 0.05) is 12.6 Å². The Morgan fingerprint density at radius 2 is 2.04 bits per heavy atom. The van der Waals surface area contributed by atoms with Crippen molar-refractivity contribution in [3.63, 3.8) is 0 Å². The zero-order valence-corrected chi connectivity index (χ0v) is 16.3. The molecule has 24 heavy (non-hydrogen) atoms. The molecule has 0 bridgehead atoms. The minimum absolute atomic E-state index is 0.147. The minimum atomic E-state index is -0.147. The summed E-state index contributed by atoms with van der Waals surface area (Å²) in [4.78, 5) is 15.2. The van der Waals surface area contributed by atoms with Crippen LogP contribution in [0.5, 0.6) is 11.5 Å². The molecule has 0 spiro atoms. The first-order chi connectivity index (χ1) is 11.6. The van der Waals surface area contributed by atoms with Gasteiger partial charge >= 0.3 is 0 Å². The van der Waals surface area contributed by atoms with Crippen LogP contribution in [-0.2, 0) is 0 Å². The SMILES string of the molecule is CCOc1ccc(Br)c(OCC)c1C(=O)NCC1CCCN1CC. The maximum absolute atomic E-state index is 12.8. The van der Waals surface area contributed by atoms with Gasteiger partial charge in [0.1, 0.15) is 17.1 Å². The van der Waals surface area contributed by atoms with Gasteiger partial charge in [-0.25, -0.2) is 0 Å². The average molecular weight is 399 g/mol. The Morgan fingerprint density at radius 3 is 2.71 bits per heavy atom. The molecule has 6 heteroatoms. The number of likely N-dealkylation sites (tertiary alicyclic amines) is 1. The van der Waals surface area contributed by atoms with E-state index in [0.29, 0.717) is 42.9 Å². The zero-order chi connectivity index (χ0) is 17.5. The van der Waals surface area contributed by atoms with E-state index in [1.165, 1.54) is 6.42 Å². The van der Waals surface area contributed by atoms with Gasteiger partial charge in [-0.15, -0.1) is 0 Å². The summed E-state index contributed by atoms with van der Waals surface area (Å²) in [5.74, 6) is 0.950. The van der Waals surface area contributed by atoms with E-state index in [-0.39, 0.29) is 5.91 Å². The summed E-state index contributed by atoms with van der Waals surface area (Å²) in [5, 5.41) is 3.07. The van der Waals surface area contributed by atoms with Crippen molar-refractivity contribution in [3.05, 3.63) is 22.2 Å². The molecular formula is C18H27BrN2O3. The lowest BCUT2D eigenvalue weighted by Gasteiger charge is -2.23. The molecular weight excluding hydrogens is 372 g/mol. The van der Waals surface area contributed by atoms with Gasteiger partial charge in [-0.2, -0.15) is 0 Å². The van der Waals surface area contributed by atoms with E-state index in [0.717, 1.165) is 24.0 Å². The highest BCUT2D eigenvalue weighted by Crippen LogP contribution is 2.36. The van der Waals surface area contributed by atoms with E-state index in [1.54, 1.807) is 6.07 Å². The summed E-state index contributed by atoms with van der Waals surface area (Å²) in [7, 11) is 0. The lowest BCUT2D eigenvalue weighted by atomic mass is 10.1. The molecule has 2 rings (SSSR count). The second-order valence-corrected chi connectivity index (χ2v) is 6.60. The highest BCUT2D eigenvalue weighted by atomic mass is 79.9. The Bertz CT molecular complexity index is 565. The minimum Gasteiger partial charge on any atom is -0.493 e. The molecule has 1 aromatic rings. The van der Waals surface area contributed by atoms with E-state index in [2.05, 4.69) is 33.1 Å². The van der Waals surface area contributed by atoms with E-state index in [1.807, 2.05) is 19.9 Å². The Labute approximate surface area is 152 Å². The fourth-order valence-corrected chi connectivity index (χ4v) is 3.60. The van der Waals surface area contributed by atoms with Crippen LogP contribution in [0, 0.1) is 0 Å². The highest BCUT2D eigenvalue weighted by molar-refractivity contribution is 9.10. The molecule has 0 saturated carbocycles. The number of likely N-dealkylation sites (N-methyl/N-ethyl adjacent to an activating group) is 1. The maximum Gasteiger partial charge on any atom is 0.258 e. The standard InChI is InChI=1S/C18H27BrN2O3/c1-4-21-11-7-8-13(21)12-20-18(22)16-15(23-5-2)10-9-14(19)17(16)24-6-3/h9-10,13H,4-8,11-12H2,1-3H3,(H,20,22). The molecule has 0 aromatic heterocycles. The third-order valence-corrected chi connectivity index (χ3v) is 4.91. The molecule has 1 fully saturated rings. The van der Waals surface area contributed by atoms with E-state index in [9.17, 15) is 4.79 Å². The van der Waals surface area contributed by atoms with Crippen molar-refractivity contribution >= 4 is 21.8 Å². The number of carbonyl (C=O) groups excluding carboxylic acids is 1. The number of carbonyl (C=O) groups is 1. The number of hydrogen-bond acceptors (Lipinski definition) is 4. The quantitative estimate of drug-likeness (QED) is 0.728. The predicted octanol–water partition coefficient (Wildman–Crippen LogP) is 3.46. The summed E-state index contributed by atoms with van der Waals surface area (Å²) in [6.45, 7) is 9.74. The molecule has 1 amide bonds. The van der Waals surface area contributed by atoms with Crippen LogP contribution in [0.15, 0.2) is 16.6 Å².